The molecule has 0 unspecified atom stereocenters. The van der Waals surface area contributed by atoms with E-state index in [2.05, 4.69) is 27.8 Å². The quantitative estimate of drug-likeness (QED) is 0.621. The Kier molecular flexibility index (Phi) is 5.94. The fourth-order valence-electron chi connectivity index (χ4n) is 1.14. The molecule has 0 saturated carbocycles. The number of hydrogen-bond donors (Lipinski definition) is 2. The zero-order valence-electron chi connectivity index (χ0n) is 9.48. The molecule has 0 saturated heterocycles. The summed E-state index contributed by atoms with van der Waals surface area (Å²) in [6, 6.07) is 4.97. The smallest absolute Gasteiger partial charge is 0.336 e. The molecule has 1 amide bonds. The van der Waals surface area contributed by atoms with Crippen LogP contribution in [-0.4, -0.2) is 29.3 Å². The van der Waals surface area contributed by atoms with Crippen LogP contribution in [0.4, 0.5) is 0 Å². The topological polar surface area (TPSA) is 66.4 Å². The second kappa shape index (κ2) is 7.23. The van der Waals surface area contributed by atoms with Crippen LogP contribution in [-0.2, 0) is 4.79 Å². The van der Waals surface area contributed by atoms with Gasteiger partial charge in [-0.3, -0.25) is 4.79 Å². The molecular formula is C12H12BrNO3S. The highest BCUT2D eigenvalue weighted by Crippen LogP contribution is 2.24. The van der Waals surface area contributed by atoms with Crippen LogP contribution < -0.4 is 5.32 Å². The molecule has 6 heteroatoms. The Bertz CT molecular complexity index is 476. The van der Waals surface area contributed by atoms with E-state index in [-0.39, 0.29) is 17.2 Å². The molecule has 0 bridgehead atoms. The number of hydrogen-bond acceptors (Lipinski definition) is 3. The van der Waals surface area contributed by atoms with Crippen molar-refractivity contribution in [2.24, 2.45) is 0 Å². The molecule has 0 aliphatic carbocycles. The molecule has 0 heterocycles. The monoisotopic (exact) mass is 329 g/mol. The number of carbonyl (C=O) groups excluding carboxylic acids is 1. The Morgan fingerprint density at radius 2 is 2.22 bits per heavy atom. The van der Waals surface area contributed by atoms with E-state index in [9.17, 15) is 9.59 Å². The zero-order valence-corrected chi connectivity index (χ0v) is 11.9. The second-order valence-electron chi connectivity index (χ2n) is 3.33. The van der Waals surface area contributed by atoms with E-state index in [0.29, 0.717) is 11.0 Å². The van der Waals surface area contributed by atoms with Gasteiger partial charge in [0.15, 0.2) is 0 Å². The van der Waals surface area contributed by atoms with Gasteiger partial charge in [0.25, 0.3) is 0 Å². The van der Waals surface area contributed by atoms with Crippen LogP contribution in [0, 0.1) is 0 Å². The summed E-state index contributed by atoms with van der Waals surface area (Å²) in [4.78, 5) is 23.0. The lowest BCUT2D eigenvalue weighted by atomic mass is 10.2. The number of benzene rings is 1. The van der Waals surface area contributed by atoms with Crippen LogP contribution in [0.25, 0.3) is 0 Å². The Morgan fingerprint density at radius 1 is 1.50 bits per heavy atom. The van der Waals surface area contributed by atoms with Gasteiger partial charge < -0.3 is 10.4 Å². The van der Waals surface area contributed by atoms with Crippen molar-refractivity contribution >= 4 is 39.6 Å². The first kappa shape index (κ1) is 14.8. The maximum Gasteiger partial charge on any atom is 0.336 e. The van der Waals surface area contributed by atoms with E-state index in [1.165, 1.54) is 17.8 Å². The van der Waals surface area contributed by atoms with Crippen molar-refractivity contribution in [3.05, 3.63) is 40.9 Å². The van der Waals surface area contributed by atoms with Crippen LogP contribution >= 0.6 is 27.7 Å². The van der Waals surface area contributed by atoms with Gasteiger partial charge in [0.1, 0.15) is 0 Å². The number of carboxylic acids is 1. The maximum absolute atomic E-state index is 11.4. The summed E-state index contributed by atoms with van der Waals surface area (Å²) in [5.74, 6) is -0.866. The molecule has 0 fully saturated rings. The highest BCUT2D eigenvalue weighted by Gasteiger charge is 2.10. The number of aromatic carboxylic acids is 1. The highest BCUT2D eigenvalue weighted by atomic mass is 79.9. The molecule has 0 radical (unpaired) electrons. The lowest BCUT2D eigenvalue weighted by molar-refractivity contribution is -0.118. The predicted octanol–water partition coefficient (Wildman–Crippen LogP) is 2.54. The molecule has 0 atom stereocenters. The number of rotatable bonds is 6. The molecule has 4 nitrogen and oxygen atoms in total. The number of nitrogens with one attached hydrogen (secondary N) is 1. The minimum absolute atomic E-state index is 0.111. The summed E-state index contributed by atoms with van der Waals surface area (Å²) < 4.78 is 0.524. The van der Waals surface area contributed by atoms with Crippen LogP contribution in [0.2, 0.25) is 0 Å². The van der Waals surface area contributed by atoms with E-state index < -0.39 is 5.97 Å². The maximum atomic E-state index is 11.4. The molecule has 96 valence electrons. The van der Waals surface area contributed by atoms with Gasteiger partial charge in [-0.15, -0.1) is 18.3 Å². The van der Waals surface area contributed by atoms with Crippen molar-refractivity contribution < 1.29 is 14.7 Å². The van der Waals surface area contributed by atoms with Crippen molar-refractivity contribution in [2.75, 3.05) is 12.3 Å². The highest BCUT2D eigenvalue weighted by molar-refractivity contribution is 9.10. The summed E-state index contributed by atoms with van der Waals surface area (Å²) in [5.41, 5.74) is 0.187. The minimum atomic E-state index is -1.000. The van der Waals surface area contributed by atoms with E-state index in [1.54, 1.807) is 18.2 Å². The fourth-order valence-corrected chi connectivity index (χ4v) is 2.33. The predicted molar refractivity (Wildman–Crippen MR) is 75.0 cm³/mol. The van der Waals surface area contributed by atoms with Gasteiger partial charge in [-0.2, -0.15) is 0 Å². The van der Waals surface area contributed by atoms with Crippen molar-refractivity contribution in [2.45, 2.75) is 4.90 Å². The van der Waals surface area contributed by atoms with Gasteiger partial charge >= 0.3 is 5.97 Å². The van der Waals surface area contributed by atoms with Crippen LogP contribution in [0.1, 0.15) is 10.4 Å². The molecule has 0 spiro atoms. The van der Waals surface area contributed by atoms with Crippen molar-refractivity contribution in [1.29, 1.82) is 0 Å². The molecule has 0 aliphatic heterocycles. The minimum Gasteiger partial charge on any atom is -0.478 e. The molecule has 2 N–H and O–H groups in total. The number of carbonyl (C=O) groups is 2. The number of carboxylic acid groups (broad SMARTS) is 1. The molecule has 1 aromatic rings. The number of thioether (sulfide) groups is 1. The second-order valence-corrected chi connectivity index (χ2v) is 5.23. The summed E-state index contributed by atoms with van der Waals surface area (Å²) >= 11 is 4.45. The van der Waals surface area contributed by atoms with Gasteiger partial charge in [0, 0.05) is 15.9 Å². The Hall–Kier alpha value is -1.27. The van der Waals surface area contributed by atoms with Gasteiger partial charge in [-0.05, 0) is 34.1 Å². The average Bonchev–Trinajstić information content (AvgIpc) is 2.35. The lowest BCUT2D eigenvalue weighted by Crippen LogP contribution is -2.24. The first-order valence-electron chi connectivity index (χ1n) is 5.08. The standard InChI is InChI=1S/C12H12BrNO3S/c1-2-5-14-11(15)7-18-8-3-4-10(13)9(6-8)12(16)17/h2-4,6H,1,5,7H2,(H,14,15)(H,16,17). The summed E-state index contributed by atoms with van der Waals surface area (Å²) in [6.45, 7) is 3.93. The average molecular weight is 330 g/mol. The Morgan fingerprint density at radius 3 is 2.83 bits per heavy atom. The normalized spacial score (nSPS) is 9.83. The number of halogens is 1. The molecular weight excluding hydrogens is 318 g/mol. The summed E-state index contributed by atoms with van der Waals surface area (Å²) in [7, 11) is 0. The Balaban J connectivity index is 2.63. The van der Waals surface area contributed by atoms with Crippen LogP contribution in [0.3, 0.4) is 0 Å². The fraction of sp³-hybridized carbons (Fsp3) is 0.167. The third-order valence-electron chi connectivity index (χ3n) is 1.98. The SMILES string of the molecule is C=CCNC(=O)CSc1ccc(Br)c(C(=O)O)c1. The van der Waals surface area contributed by atoms with Gasteiger partial charge in [0.05, 0.1) is 11.3 Å². The summed E-state index contributed by atoms with van der Waals surface area (Å²) in [5, 5.41) is 11.6. The third kappa shape index (κ3) is 4.54. The van der Waals surface area contributed by atoms with E-state index in [4.69, 9.17) is 5.11 Å². The zero-order chi connectivity index (χ0) is 13.5. The van der Waals surface area contributed by atoms with E-state index in [1.807, 2.05) is 0 Å². The first-order valence-corrected chi connectivity index (χ1v) is 6.85. The van der Waals surface area contributed by atoms with Gasteiger partial charge in [-0.1, -0.05) is 6.08 Å². The molecule has 1 aromatic carbocycles. The molecule has 0 aromatic heterocycles. The van der Waals surface area contributed by atoms with Crippen LogP contribution in [0.5, 0.6) is 0 Å². The van der Waals surface area contributed by atoms with E-state index in [0.717, 1.165) is 4.90 Å². The summed E-state index contributed by atoms with van der Waals surface area (Å²) in [6.07, 6.45) is 1.60. The molecule has 0 aliphatic rings. The first-order chi connectivity index (χ1) is 8.54. The van der Waals surface area contributed by atoms with Crippen LogP contribution in [0.15, 0.2) is 40.2 Å². The van der Waals surface area contributed by atoms with Crippen molar-refractivity contribution in [1.82, 2.24) is 5.32 Å². The van der Waals surface area contributed by atoms with Gasteiger partial charge in [0.2, 0.25) is 5.91 Å². The number of amides is 1. The largest absolute Gasteiger partial charge is 0.478 e. The molecule has 1 rings (SSSR count). The van der Waals surface area contributed by atoms with Crippen molar-refractivity contribution in [3.8, 4) is 0 Å². The lowest BCUT2D eigenvalue weighted by Gasteiger charge is -2.05. The third-order valence-corrected chi connectivity index (χ3v) is 3.67. The molecule has 18 heavy (non-hydrogen) atoms. The Labute approximate surface area is 118 Å². The van der Waals surface area contributed by atoms with Gasteiger partial charge in [-0.25, -0.2) is 4.79 Å². The van der Waals surface area contributed by atoms with E-state index >= 15 is 0 Å². The van der Waals surface area contributed by atoms with Crippen molar-refractivity contribution in [3.63, 3.8) is 0 Å².